The first-order chi connectivity index (χ1) is 4.81. The summed E-state index contributed by atoms with van der Waals surface area (Å²) in [6.45, 7) is 0.883. The quantitative estimate of drug-likeness (QED) is 0.482. The molecular formula is C7H13F3N+. The fraction of sp³-hybridized carbons (Fsp3) is 1.00. The number of alkyl halides is 3. The highest BCUT2D eigenvalue weighted by Gasteiger charge is 2.47. The van der Waals surface area contributed by atoms with Gasteiger partial charge in [0.05, 0.1) is 27.2 Å². The van der Waals surface area contributed by atoms with E-state index in [2.05, 4.69) is 0 Å². The molecule has 1 aliphatic rings. The van der Waals surface area contributed by atoms with Gasteiger partial charge in [-0.05, 0) is 0 Å². The summed E-state index contributed by atoms with van der Waals surface area (Å²) in [6.07, 6.45) is -3.69. The van der Waals surface area contributed by atoms with Gasteiger partial charge in [0.2, 0.25) is 0 Å². The maximum absolute atomic E-state index is 12.1. The van der Waals surface area contributed by atoms with Crippen molar-refractivity contribution in [2.75, 3.05) is 27.2 Å². The molecular weight excluding hydrogens is 155 g/mol. The standard InChI is InChI=1S/C7H13F3N/c1-11(2)4-3-6(5-11)7(8,9)10/h6H,3-5H2,1-2H3/q+1. The number of nitrogens with zero attached hydrogens (tertiary/aromatic N) is 1. The van der Waals surface area contributed by atoms with Crippen molar-refractivity contribution in [3.8, 4) is 0 Å². The number of likely N-dealkylation sites (tertiary alicyclic amines) is 1. The Labute approximate surface area is 64.4 Å². The van der Waals surface area contributed by atoms with Crippen LogP contribution in [0.3, 0.4) is 0 Å². The number of hydrogen-bond donors (Lipinski definition) is 0. The summed E-state index contributed by atoms with van der Waals surface area (Å²) < 4.78 is 36.8. The molecule has 0 aromatic rings. The zero-order valence-electron chi connectivity index (χ0n) is 6.78. The molecule has 1 aliphatic heterocycles. The predicted octanol–water partition coefficient (Wildman–Crippen LogP) is 1.64. The van der Waals surface area contributed by atoms with Gasteiger partial charge in [0.1, 0.15) is 5.92 Å². The van der Waals surface area contributed by atoms with Crippen LogP contribution in [0.4, 0.5) is 13.2 Å². The monoisotopic (exact) mass is 168 g/mol. The van der Waals surface area contributed by atoms with Crippen LogP contribution in [0.2, 0.25) is 0 Å². The molecule has 1 atom stereocenters. The molecule has 0 N–H and O–H groups in total. The Morgan fingerprint density at radius 2 is 1.82 bits per heavy atom. The molecule has 0 aromatic carbocycles. The molecule has 0 radical (unpaired) electrons. The molecule has 4 heteroatoms. The first-order valence-electron chi connectivity index (χ1n) is 3.70. The fourth-order valence-electron chi connectivity index (χ4n) is 1.55. The topological polar surface area (TPSA) is 0 Å². The lowest BCUT2D eigenvalue weighted by molar-refractivity contribution is -0.880. The predicted molar refractivity (Wildman–Crippen MR) is 36.0 cm³/mol. The molecule has 66 valence electrons. The third kappa shape index (κ3) is 2.09. The fourth-order valence-corrected chi connectivity index (χ4v) is 1.55. The van der Waals surface area contributed by atoms with E-state index in [1.54, 1.807) is 0 Å². The maximum Gasteiger partial charge on any atom is 0.397 e. The average Bonchev–Trinajstić information content (AvgIpc) is 2.07. The Balaban J connectivity index is 2.55. The van der Waals surface area contributed by atoms with Crippen LogP contribution in [0.25, 0.3) is 0 Å². The van der Waals surface area contributed by atoms with Crippen molar-refractivity contribution in [3.63, 3.8) is 0 Å². The lowest BCUT2D eigenvalue weighted by Gasteiger charge is -2.23. The van der Waals surface area contributed by atoms with Crippen LogP contribution in [-0.2, 0) is 0 Å². The van der Waals surface area contributed by atoms with Gasteiger partial charge in [-0.2, -0.15) is 13.2 Å². The van der Waals surface area contributed by atoms with Gasteiger partial charge in [0.15, 0.2) is 0 Å². The zero-order valence-corrected chi connectivity index (χ0v) is 6.78. The summed E-state index contributed by atoms with van der Waals surface area (Å²) in [6, 6.07) is 0. The molecule has 1 nitrogen and oxygen atoms in total. The normalized spacial score (nSPS) is 30.8. The number of rotatable bonds is 0. The Kier molecular flexibility index (Phi) is 1.90. The molecule has 1 fully saturated rings. The minimum absolute atomic E-state index is 0.240. The summed E-state index contributed by atoms with van der Waals surface area (Å²) in [7, 11) is 3.68. The van der Waals surface area contributed by atoms with Crippen LogP contribution in [0.15, 0.2) is 0 Å². The molecule has 1 heterocycles. The molecule has 0 spiro atoms. The minimum atomic E-state index is -3.98. The van der Waals surface area contributed by atoms with Gasteiger partial charge in [-0.1, -0.05) is 0 Å². The van der Waals surface area contributed by atoms with Crippen molar-refractivity contribution in [2.45, 2.75) is 12.6 Å². The molecule has 1 saturated heterocycles. The highest BCUT2D eigenvalue weighted by atomic mass is 19.4. The van der Waals surface area contributed by atoms with Crippen molar-refractivity contribution < 1.29 is 17.7 Å². The average molecular weight is 168 g/mol. The van der Waals surface area contributed by atoms with E-state index in [0.717, 1.165) is 0 Å². The summed E-state index contributed by atoms with van der Waals surface area (Å²) in [4.78, 5) is 0. The zero-order chi connectivity index (χ0) is 8.70. The van der Waals surface area contributed by atoms with Gasteiger partial charge in [-0.3, -0.25) is 0 Å². The van der Waals surface area contributed by atoms with E-state index < -0.39 is 12.1 Å². The van der Waals surface area contributed by atoms with Crippen LogP contribution < -0.4 is 0 Å². The van der Waals surface area contributed by atoms with Gasteiger partial charge in [0, 0.05) is 6.42 Å². The van der Waals surface area contributed by atoms with Gasteiger partial charge >= 0.3 is 6.18 Å². The highest BCUT2D eigenvalue weighted by molar-refractivity contribution is 4.71. The minimum Gasteiger partial charge on any atom is -0.328 e. The second kappa shape index (κ2) is 2.37. The third-order valence-electron chi connectivity index (χ3n) is 2.26. The first-order valence-corrected chi connectivity index (χ1v) is 3.70. The van der Waals surface area contributed by atoms with Crippen LogP contribution in [0.5, 0.6) is 0 Å². The van der Waals surface area contributed by atoms with E-state index in [9.17, 15) is 13.2 Å². The number of quaternary nitrogens is 1. The Morgan fingerprint density at radius 1 is 1.27 bits per heavy atom. The van der Waals surface area contributed by atoms with Crippen molar-refractivity contribution in [3.05, 3.63) is 0 Å². The van der Waals surface area contributed by atoms with E-state index in [0.29, 0.717) is 11.0 Å². The van der Waals surface area contributed by atoms with Gasteiger partial charge in [-0.25, -0.2) is 0 Å². The molecule has 0 aromatic heterocycles. The lowest BCUT2D eigenvalue weighted by Crippen LogP contribution is -2.38. The van der Waals surface area contributed by atoms with Crippen LogP contribution in [0, 0.1) is 5.92 Å². The smallest absolute Gasteiger partial charge is 0.328 e. The maximum atomic E-state index is 12.1. The number of hydrogen-bond acceptors (Lipinski definition) is 0. The van der Waals surface area contributed by atoms with Gasteiger partial charge < -0.3 is 4.48 Å². The van der Waals surface area contributed by atoms with Crippen LogP contribution >= 0.6 is 0 Å². The summed E-state index contributed by atoms with van der Waals surface area (Å²) in [5, 5.41) is 0. The van der Waals surface area contributed by atoms with Gasteiger partial charge in [0.25, 0.3) is 0 Å². The van der Waals surface area contributed by atoms with Crippen molar-refractivity contribution in [1.29, 1.82) is 0 Å². The highest BCUT2D eigenvalue weighted by Crippen LogP contribution is 2.34. The van der Waals surface area contributed by atoms with Crippen LogP contribution in [-0.4, -0.2) is 37.8 Å². The molecule has 0 amide bonds. The van der Waals surface area contributed by atoms with E-state index in [-0.39, 0.29) is 13.0 Å². The van der Waals surface area contributed by atoms with Crippen molar-refractivity contribution in [2.24, 2.45) is 5.92 Å². The third-order valence-corrected chi connectivity index (χ3v) is 2.26. The van der Waals surface area contributed by atoms with E-state index in [4.69, 9.17) is 0 Å². The molecule has 0 saturated carbocycles. The lowest BCUT2D eigenvalue weighted by atomic mass is 10.1. The molecule has 11 heavy (non-hydrogen) atoms. The largest absolute Gasteiger partial charge is 0.397 e. The molecule has 1 unspecified atom stereocenters. The molecule has 0 bridgehead atoms. The Bertz CT molecular complexity index is 150. The Hall–Kier alpha value is -0.250. The second-order valence-electron chi connectivity index (χ2n) is 3.87. The van der Waals surface area contributed by atoms with E-state index in [1.807, 2.05) is 14.1 Å². The Morgan fingerprint density at radius 3 is 2.00 bits per heavy atom. The van der Waals surface area contributed by atoms with Crippen LogP contribution in [0.1, 0.15) is 6.42 Å². The molecule has 0 aliphatic carbocycles. The second-order valence-corrected chi connectivity index (χ2v) is 3.87. The number of halogens is 3. The molecule has 1 rings (SSSR count). The summed E-state index contributed by atoms with van der Waals surface area (Å²) in [5.41, 5.74) is 0. The van der Waals surface area contributed by atoms with Crippen molar-refractivity contribution >= 4 is 0 Å². The van der Waals surface area contributed by atoms with E-state index in [1.165, 1.54) is 0 Å². The van der Waals surface area contributed by atoms with Crippen molar-refractivity contribution in [1.82, 2.24) is 0 Å². The summed E-state index contributed by atoms with van der Waals surface area (Å²) >= 11 is 0. The summed E-state index contributed by atoms with van der Waals surface area (Å²) in [5.74, 6) is -1.07. The van der Waals surface area contributed by atoms with Gasteiger partial charge in [-0.15, -0.1) is 0 Å². The SMILES string of the molecule is C[N+]1(C)CCC(C(F)(F)F)C1. The first kappa shape index (κ1) is 8.84. The van der Waals surface area contributed by atoms with E-state index >= 15 is 0 Å².